The van der Waals surface area contributed by atoms with Gasteiger partial charge in [-0.3, -0.25) is 15.1 Å². The maximum atomic E-state index is 11.1. The van der Waals surface area contributed by atoms with E-state index in [1.807, 2.05) is 19.1 Å². The SMILES string of the molecule is Cc1cccnc1-c1noc(C2CNC(=O)CN2)n1. The number of aryl methyl sites for hydroxylation is 1. The van der Waals surface area contributed by atoms with E-state index in [4.69, 9.17) is 4.52 Å². The first-order valence-corrected chi connectivity index (χ1v) is 6.00. The highest BCUT2D eigenvalue weighted by Crippen LogP contribution is 2.19. The molecule has 0 aromatic carbocycles. The van der Waals surface area contributed by atoms with Crippen LogP contribution in [0.15, 0.2) is 22.9 Å². The Kier molecular flexibility index (Phi) is 2.96. The average molecular weight is 259 g/mol. The van der Waals surface area contributed by atoms with Crippen LogP contribution < -0.4 is 10.6 Å². The number of nitrogens with zero attached hydrogens (tertiary/aromatic N) is 3. The molecule has 19 heavy (non-hydrogen) atoms. The highest BCUT2D eigenvalue weighted by molar-refractivity contribution is 5.78. The molecule has 98 valence electrons. The molecular weight excluding hydrogens is 246 g/mol. The molecule has 1 saturated heterocycles. The van der Waals surface area contributed by atoms with Gasteiger partial charge in [0.25, 0.3) is 0 Å². The molecule has 1 unspecified atom stereocenters. The molecule has 0 bridgehead atoms. The van der Waals surface area contributed by atoms with Crippen molar-refractivity contribution in [3.63, 3.8) is 0 Å². The number of aromatic nitrogens is 3. The summed E-state index contributed by atoms with van der Waals surface area (Å²) in [7, 11) is 0. The number of carbonyl (C=O) groups excluding carboxylic acids is 1. The molecule has 7 heteroatoms. The molecule has 2 aromatic heterocycles. The van der Waals surface area contributed by atoms with Gasteiger partial charge in [-0.1, -0.05) is 11.2 Å². The van der Waals surface area contributed by atoms with Crippen molar-refractivity contribution in [2.24, 2.45) is 0 Å². The van der Waals surface area contributed by atoms with Crippen LogP contribution in [0.3, 0.4) is 0 Å². The Balaban J connectivity index is 1.84. The zero-order valence-electron chi connectivity index (χ0n) is 10.4. The molecule has 0 radical (unpaired) electrons. The van der Waals surface area contributed by atoms with Gasteiger partial charge in [0, 0.05) is 12.7 Å². The molecule has 2 N–H and O–H groups in total. The molecule has 1 aliphatic rings. The normalized spacial score (nSPS) is 19.2. The number of rotatable bonds is 2. The van der Waals surface area contributed by atoms with E-state index < -0.39 is 0 Å². The van der Waals surface area contributed by atoms with Gasteiger partial charge in [-0.15, -0.1) is 0 Å². The van der Waals surface area contributed by atoms with Crippen LogP contribution in [0.2, 0.25) is 0 Å². The Hall–Kier alpha value is -2.28. The zero-order valence-corrected chi connectivity index (χ0v) is 10.4. The lowest BCUT2D eigenvalue weighted by atomic mass is 10.2. The molecular formula is C12H13N5O2. The molecule has 7 nitrogen and oxygen atoms in total. The smallest absolute Gasteiger partial charge is 0.245 e. The van der Waals surface area contributed by atoms with Crippen molar-refractivity contribution in [1.82, 2.24) is 25.8 Å². The van der Waals surface area contributed by atoms with E-state index in [0.29, 0.717) is 24.0 Å². The van der Waals surface area contributed by atoms with E-state index in [9.17, 15) is 4.79 Å². The second-order valence-electron chi connectivity index (χ2n) is 4.36. The van der Waals surface area contributed by atoms with Gasteiger partial charge in [-0.05, 0) is 18.6 Å². The first-order valence-electron chi connectivity index (χ1n) is 6.00. The second kappa shape index (κ2) is 4.77. The Morgan fingerprint density at radius 3 is 3.11 bits per heavy atom. The summed E-state index contributed by atoms with van der Waals surface area (Å²) in [6.07, 6.45) is 1.69. The monoisotopic (exact) mass is 259 g/mol. The van der Waals surface area contributed by atoms with Gasteiger partial charge in [0.1, 0.15) is 11.7 Å². The van der Waals surface area contributed by atoms with Crippen LogP contribution in [-0.4, -0.2) is 34.1 Å². The van der Waals surface area contributed by atoms with Gasteiger partial charge in [0.05, 0.1) is 6.54 Å². The standard InChI is InChI=1S/C12H13N5O2/c1-7-3-2-4-13-10(7)11-16-12(19-17-11)8-5-15-9(18)6-14-8/h2-4,8,14H,5-6H2,1H3,(H,15,18). The van der Waals surface area contributed by atoms with Gasteiger partial charge >= 0.3 is 0 Å². The quantitative estimate of drug-likeness (QED) is 0.800. The molecule has 2 aromatic rings. The number of nitrogens with one attached hydrogen (secondary N) is 2. The van der Waals surface area contributed by atoms with E-state index in [0.717, 1.165) is 5.56 Å². The number of pyridine rings is 1. The first-order chi connectivity index (χ1) is 9.24. The zero-order chi connectivity index (χ0) is 13.2. The molecule has 3 heterocycles. The molecule has 1 fully saturated rings. The van der Waals surface area contributed by atoms with Gasteiger partial charge in [-0.25, -0.2) is 0 Å². The van der Waals surface area contributed by atoms with Crippen LogP contribution in [0.25, 0.3) is 11.5 Å². The van der Waals surface area contributed by atoms with Crippen molar-refractivity contribution >= 4 is 5.91 Å². The van der Waals surface area contributed by atoms with Gasteiger partial charge in [-0.2, -0.15) is 4.98 Å². The maximum absolute atomic E-state index is 11.1. The molecule has 1 amide bonds. The fourth-order valence-corrected chi connectivity index (χ4v) is 1.93. The topological polar surface area (TPSA) is 92.9 Å². The fourth-order valence-electron chi connectivity index (χ4n) is 1.93. The molecule has 0 spiro atoms. The minimum absolute atomic E-state index is 0.0310. The number of piperazine rings is 1. The second-order valence-corrected chi connectivity index (χ2v) is 4.36. The molecule has 3 rings (SSSR count). The lowest BCUT2D eigenvalue weighted by Crippen LogP contribution is -2.47. The summed E-state index contributed by atoms with van der Waals surface area (Å²) in [5.41, 5.74) is 1.69. The summed E-state index contributed by atoms with van der Waals surface area (Å²) >= 11 is 0. The lowest BCUT2D eigenvalue weighted by Gasteiger charge is -2.20. The summed E-state index contributed by atoms with van der Waals surface area (Å²) in [6.45, 7) is 2.64. The van der Waals surface area contributed by atoms with Gasteiger partial charge in [0.15, 0.2) is 0 Å². The highest BCUT2D eigenvalue weighted by Gasteiger charge is 2.24. The Labute approximate surface area is 109 Å². The molecule has 0 saturated carbocycles. The summed E-state index contributed by atoms with van der Waals surface area (Å²) in [4.78, 5) is 19.6. The fraction of sp³-hybridized carbons (Fsp3) is 0.333. The Morgan fingerprint density at radius 2 is 2.37 bits per heavy atom. The van der Waals surface area contributed by atoms with Crippen LogP contribution in [-0.2, 0) is 4.79 Å². The minimum atomic E-state index is -0.150. The number of amides is 1. The average Bonchev–Trinajstić information content (AvgIpc) is 2.89. The van der Waals surface area contributed by atoms with Crippen molar-refractivity contribution in [3.8, 4) is 11.5 Å². The number of hydrogen-bond acceptors (Lipinski definition) is 6. The van der Waals surface area contributed by atoms with Crippen LogP contribution in [0.5, 0.6) is 0 Å². The van der Waals surface area contributed by atoms with E-state index in [1.54, 1.807) is 6.20 Å². The number of hydrogen-bond donors (Lipinski definition) is 2. The lowest BCUT2D eigenvalue weighted by molar-refractivity contribution is -0.121. The van der Waals surface area contributed by atoms with Crippen molar-refractivity contribution in [3.05, 3.63) is 29.8 Å². The first kappa shape index (κ1) is 11.8. The van der Waals surface area contributed by atoms with Crippen LogP contribution in [0.4, 0.5) is 0 Å². The van der Waals surface area contributed by atoms with Gasteiger partial charge < -0.3 is 9.84 Å². The highest BCUT2D eigenvalue weighted by atomic mass is 16.5. The minimum Gasteiger partial charge on any atom is -0.353 e. The summed E-state index contributed by atoms with van der Waals surface area (Å²) < 4.78 is 5.23. The van der Waals surface area contributed by atoms with Crippen molar-refractivity contribution in [2.75, 3.05) is 13.1 Å². The van der Waals surface area contributed by atoms with Crippen LogP contribution in [0.1, 0.15) is 17.5 Å². The van der Waals surface area contributed by atoms with Gasteiger partial charge in [0.2, 0.25) is 17.6 Å². The van der Waals surface area contributed by atoms with Crippen LogP contribution in [0, 0.1) is 6.92 Å². The van der Waals surface area contributed by atoms with E-state index in [1.165, 1.54) is 0 Å². The van der Waals surface area contributed by atoms with E-state index >= 15 is 0 Å². The Bertz CT molecular complexity index is 600. The summed E-state index contributed by atoms with van der Waals surface area (Å²) in [5.74, 6) is 0.892. The largest absolute Gasteiger partial charge is 0.353 e. The van der Waals surface area contributed by atoms with E-state index in [2.05, 4.69) is 25.8 Å². The summed E-state index contributed by atoms with van der Waals surface area (Å²) in [5, 5.41) is 9.72. The van der Waals surface area contributed by atoms with Crippen LogP contribution >= 0.6 is 0 Å². The van der Waals surface area contributed by atoms with E-state index in [-0.39, 0.29) is 18.5 Å². The third kappa shape index (κ3) is 2.32. The predicted molar refractivity (Wildman–Crippen MR) is 66.0 cm³/mol. The summed E-state index contributed by atoms with van der Waals surface area (Å²) in [6, 6.07) is 3.65. The van der Waals surface area contributed by atoms with Crippen molar-refractivity contribution < 1.29 is 9.32 Å². The maximum Gasteiger partial charge on any atom is 0.245 e. The van der Waals surface area contributed by atoms with Crippen molar-refractivity contribution in [2.45, 2.75) is 13.0 Å². The number of carbonyl (C=O) groups is 1. The molecule has 1 atom stereocenters. The third-order valence-electron chi connectivity index (χ3n) is 2.97. The third-order valence-corrected chi connectivity index (χ3v) is 2.97. The predicted octanol–water partition coefficient (Wildman–Crippen LogP) is 0.201. The van der Waals surface area contributed by atoms with Crippen molar-refractivity contribution in [1.29, 1.82) is 0 Å². The molecule has 1 aliphatic heterocycles. The Morgan fingerprint density at radius 1 is 1.47 bits per heavy atom. The molecule has 0 aliphatic carbocycles.